The van der Waals surface area contributed by atoms with Crippen molar-refractivity contribution in [1.29, 1.82) is 0 Å². The zero-order valence-electron chi connectivity index (χ0n) is 15.6. The number of hydrogen-bond acceptors (Lipinski definition) is 6. The number of oxime groups is 1. The fraction of sp³-hybridized carbons (Fsp3) is 0.100. The number of amidine groups is 1. The first-order chi connectivity index (χ1) is 14.6. The molecule has 4 N–H and O–H groups in total. The Kier molecular flexibility index (Phi) is 5.82. The van der Waals surface area contributed by atoms with E-state index < -0.39 is 5.82 Å². The maximum Gasteiger partial charge on any atom is 0.179 e. The Hall–Kier alpha value is -3.56. The number of imidazole rings is 1. The van der Waals surface area contributed by atoms with E-state index in [1.807, 2.05) is 12.1 Å². The predicted octanol–water partition coefficient (Wildman–Crippen LogP) is 3.68. The van der Waals surface area contributed by atoms with Crippen molar-refractivity contribution in [2.45, 2.75) is 13.1 Å². The van der Waals surface area contributed by atoms with Crippen LogP contribution in [0.1, 0.15) is 17.0 Å². The first kappa shape index (κ1) is 19.7. The summed E-state index contributed by atoms with van der Waals surface area (Å²) in [7, 11) is 0. The van der Waals surface area contributed by atoms with Crippen molar-refractivity contribution in [2.75, 3.05) is 5.32 Å². The Morgan fingerprint density at radius 2 is 2.10 bits per heavy atom. The normalized spacial score (nSPS) is 11.7. The molecule has 0 radical (unpaired) electrons. The summed E-state index contributed by atoms with van der Waals surface area (Å²) in [6.45, 7) is 1.12. The molecule has 0 atom stereocenters. The summed E-state index contributed by atoms with van der Waals surface area (Å²) >= 11 is 5.82. The zero-order chi connectivity index (χ0) is 20.9. The number of aromatic nitrogens is 4. The molecule has 4 rings (SSSR count). The molecule has 0 unspecified atom stereocenters. The van der Waals surface area contributed by atoms with Gasteiger partial charge in [-0.25, -0.2) is 14.4 Å². The first-order valence-electron chi connectivity index (χ1n) is 9.02. The second kappa shape index (κ2) is 8.85. The van der Waals surface area contributed by atoms with Crippen LogP contribution in [-0.2, 0) is 13.1 Å². The van der Waals surface area contributed by atoms with Crippen LogP contribution in [0.25, 0.3) is 11.2 Å². The topological polar surface area (TPSA) is 111 Å². The minimum Gasteiger partial charge on any atom is -0.409 e. The van der Waals surface area contributed by atoms with Crippen LogP contribution in [-0.4, -0.2) is 31.0 Å². The van der Waals surface area contributed by atoms with E-state index in [1.54, 1.807) is 24.7 Å². The number of hydrogen-bond donors (Lipinski definition) is 4. The number of nitrogens with one attached hydrogen (secondary N) is 3. The second-order valence-electron chi connectivity index (χ2n) is 6.41. The SMILES string of the molecule is O/N=C(/Nc1ccc(F)c(Cl)c1)c1ccnc2nc(CNCc3cccnc3)[nH]c12. The lowest BCUT2D eigenvalue weighted by Gasteiger charge is -2.09. The first-order valence-corrected chi connectivity index (χ1v) is 9.39. The van der Waals surface area contributed by atoms with Gasteiger partial charge >= 0.3 is 0 Å². The van der Waals surface area contributed by atoms with Gasteiger partial charge in [-0.2, -0.15) is 0 Å². The third kappa shape index (κ3) is 4.37. The molecule has 0 saturated carbocycles. The fourth-order valence-electron chi connectivity index (χ4n) is 2.92. The number of H-pyrrole nitrogens is 1. The Morgan fingerprint density at radius 1 is 1.20 bits per heavy atom. The number of benzene rings is 1. The van der Waals surface area contributed by atoms with Crippen molar-refractivity contribution >= 4 is 34.3 Å². The molecule has 3 heterocycles. The van der Waals surface area contributed by atoms with Crippen LogP contribution in [0.15, 0.2) is 60.1 Å². The van der Waals surface area contributed by atoms with E-state index in [0.29, 0.717) is 41.3 Å². The highest BCUT2D eigenvalue weighted by atomic mass is 35.5. The standard InChI is InChI=1S/C20H17ClFN7O/c21-15-8-13(3-4-16(15)22)26-19(29-30)14-5-7-25-20-18(14)27-17(28-20)11-24-10-12-2-1-6-23-9-12/h1-9,24,30H,10-11H2,(H,26,29)(H,25,27,28). The molecule has 0 amide bonds. The minimum atomic E-state index is -0.534. The number of nitrogens with zero attached hydrogens (tertiary/aromatic N) is 4. The van der Waals surface area contributed by atoms with Gasteiger partial charge in [-0.15, -0.1) is 0 Å². The molecule has 0 aliphatic heterocycles. The van der Waals surface area contributed by atoms with E-state index in [4.69, 9.17) is 11.6 Å². The zero-order valence-corrected chi connectivity index (χ0v) is 16.4. The number of aromatic amines is 1. The van der Waals surface area contributed by atoms with Crippen molar-refractivity contribution in [3.8, 4) is 0 Å². The van der Waals surface area contributed by atoms with Crippen LogP contribution in [0.4, 0.5) is 10.1 Å². The van der Waals surface area contributed by atoms with Crippen LogP contribution in [0.3, 0.4) is 0 Å². The van der Waals surface area contributed by atoms with Gasteiger partial charge in [-0.3, -0.25) is 4.98 Å². The van der Waals surface area contributed by atoms with Gasteiger partial charge in [0.15, 0.2) is 11.5 Å². The minimum absolute atomic E-state index is 0.0410. The van der Waals surface area contributed by atoms with E-state index in [0.717, 1.165) is 5.56 Å². The number of halogens is 2. The molecule has 152 valence electrons. The molecule has 8 nitrogen and oxygen atoms in total. The average molecular weight is 426 g/mol. The lowest BCUT2D eigenvalue weighted by molar-refractivity contribution is 0.319. The summed E-state index contributed by atoms with van der Waals surface area (Å²) in [4.78, 5) is 16.0. The third-order valence-corrected chi connectivity index (χ3v) is 4.61. The highest BCUT2D eigenvalue weighted by Gasteiger charge is 2.14. The highest BCUT2D eigenvalue weighted by Crippen LogP contribution is 2.21. The molecule has 1 aromatic carbocycles. The van der Waals surface area contributed by atoms with Crippen molar-refractivity contribution in [3.63, 3.8) is 0 Å². The smallest absolute Gasteiger partial charge is 0.179 e. The molecule has 0 aliphatic carbocycles. The molecule has 4 aromatic rings. The summed E-state index contributed by atoms with van der Waals surface area (Å²) in [5.41, 5.74) is 3.16. The summed E-state index contributed by atoms with van der Waals surface area (Å²) in [5, 5.41) is 19.1. The van der Waals surface area contributed by atoms with Crippen LogP contribution in [0, 0.1) is 5.82 Å². The van der Waals surface area contributed by atoms with E-state index in [2.05, 4.69) is 35.7 Å². The van der Waals surface area contributed by atoms with Crippen LogP contribution in [0.2, 0.25) is 5.02 Å². The van der Waals surface area contributed by atoms with E-state index in [9.17, 15) is 9.60 Å². The molecule has 0 aliphatic rings. The van der Waals surface area contributed by atoms with Gasteiger partial charge in [0.05, 0.1) is 17.1 Å². The maximum atomic E-state index is 13.4. The largest absolute Gasteiger partial charge is 0.409 e. The number of rotatable bonds is 6. The van der Waals surface area contributed by atoms with E-state index in [-0.39, 0.29) is 10.9 Å². The van der Waals surface area contributed by atoms with Crippen LogP contribution in [0.5, 0.6) is 0 Å². The Bertz CT molecular complexity index is 1200. The second-order valence-corrected chi connectivity index (χ2v) is 6.82. The van der Waals surface area contributed by atoms with Gasteiger partial charge in [-0.1, -0.05) is 22.8 Å². The molecule has 3 aromatic heterocycles. The summed E-state index contributed by atoms with van der Waals surface area (Å²) in [5.74, 6) is 0.285. The van der Waals surface area contributed by atoms with Crippen molar-refractivity contribution < 1.29 is 9.60 Å². The van der Waals surface area contributed by atoms with Crippen LogP contribution >= 0.6 is 11.6 Å². The number of pyridine rings is 2. The van der Waals surface area contributed by atoms with E-state index in [1.165, 1.54) is 18.2 Å². The van der Waals surface area contributed by atoms with Crippen molar-refractivity contribution in [3.05, 3.63) is 82.8 Å². The summed E-state index contributed by atoms with van der Waals surface area (Å²) in [6, 6.07) is 9.67. The average Bonchev–Trinajstić information content (AvgIpc) is 3.18. The van der Waals surface area contributed by atoms with Gasteiger partial charge < -0.3 is 20.8 Å². The lowest BCUT2D eigenvalue weighted by Crippen LogP contribution is -2.15. The maximum absolute atomic E-state index is 13.4. The van der Waals surface area contributed by atoms with E-state index >= 15 is 0 Å². The molecular formula is C20H17ClFN7O. The van der Waals surface area contributed by atoms with Gasteiger partial charge in [0, 0.05) is 36.4 Å². The monoisotopic (exact) mass is 425 g/mol. The molecule has 0 fully saturated rings. The fourth-order valence-corrected chi connectivity index (χ4v) is 3.11. The Labute approximate surface area is 175 Å². The highest BCUT2D eigenvalue weighted by molar-refractivity contribution is 6.31. The third-order valence-electron chi connectivity index (χ3n) is 4.32. The molecule has 0 saturated heterocycles. The van der Waals surface area contributed by atoms with Crippen LogP contribution < -0.4 is 10.6 Å². The molecule has 10 heteroatoms. The van der Waals surface area contributed by atoms with Crippen molar-refractivity contribution in [2.24, 2.45) is 5.16 Å². The predicted molar refractivity (Wildman–Crippen MR) is 112 cm³/mol. The number of fused-ring (bicyclic) bond motifs is 1. The van der Waals surface area contributed by atoms with Gasteiger partial charge in [0.1, 0.15) is 11.6 Å². The van der Waals surface area contributed by atoms with Gasteiger partial charge in [-0.05, 0) is 35.9 Å². The molecule has 30 heavy (non-hydrogen) atoms. The Morgan fingerprint density at radius 3 is 2.87 bits per heavy atom. The number of anilines is 1. The molecular weight excluding hydrogens is 409 g/mol. The van der Waals surface area contributed by atoms with Gasteiger partial charge in [0.2, 0.25) is 0 Å². The molecule has 0 bridgehead atoms. The lowest BCUT2D eigenvalue weighted by atomic mass is 10.2. The van der Waals surface area contributed by atoms with Crippen molar-refractivity contribution in [1.82, 2.24) is 25.3 Å². The van der Waals surface area contributed by atoms with Gasteiger partial charge in [0.25, 0.3) is 0 Å². The summed E-state index contributed by atoms with van der Waals surface area (Å²) in [6.07, 6.45) is 5.09. The Balaban J connectivity index is 1.54. The summed E-state index contributed by atoms with van der Waals surface area (Å²) < 4.78 is 13.4. The molecule has 0 spiro atoms. The quantitative estimate of drug-likeness (QED) is 0.162.